The molecule has 0 aromatic carbocycles. The van der Waals surface area contributed by atoms with Gasteiger partial charge < -0.3 is 10.2 Å². The Morgan fingerprint density at radius 3 is 2.60 bits per heavy atom. The van der Waals surface area contributed by atoms with Crippen LogP contribution in [0.1, 0.15) is 26.2 Å². The standard InChI is InChI=1S/C12H21N3/c1-4-5-6-9-13-11-7-8-12(14-10-11)15(2)3/h7-8,10,13H,4-6,9H2,1-3H3. The van der Waals surface area contributed by atoms with Crippen LogP contribution in [0, 0.1) is 0 Å². The number of nitrogens with zero attached hydrogens (tertiary/aromatic N) is 2. The number of aromatic nitrogens is 1. The van der Waals surface area contributed by atoms with Gasteiger partial charge in [-0.1, -0.05) is 19.8 Å². The van der Waals surface area contributed by atoms with E-state index in [2.05, 4.69) is 23.3 Å². The summed E-state index contributed by atoms with van der Waals surface area (Å²) in [5, 5.41) is 3.36. The van der Waals surface area contributed by atoms with Gasteiger partial charge in [-0.3, -0.25) is 0 Å². The lowest BCUT2D eigenvalue weighted by Crippen LogP contribution is -2.10. The van der Waals surface area contributed by atoms with Gasteiger partial charge in [0.25, 0.3) is 0 Å². The van der Waals surface area contributed by atoms with Crippen molar-refractivity contribution in [3.63, 3.8) is 0 Å². The van der Waals surface area contributed by atoms with Gasteiger partial charge in [-0.25, -0.2) is 4.98 Å². The first-order chi connectivity index (χ1) is 7.24. The smallest absolute Gasteiger partial charge is 0.128 e. The summed E-state index contributed by atoms with van der Waals surface area (Å²) in [6.07, 6.45) is 5.67. The van der Waals surface area contributed by atoms with Crippen LogP contribution in [0.2, 0.25) is 0 Å². The molecule has 1 heterocycles. The third kappa shape index (κ3) is 4.19. The Bertz CT molecular complexity index is 267. The molecular formula is C12H21N3. The second-order valence-electron chi connectivity index (χ2n) is 3.93. The molecule has 1 rings (SSSR count). The molecule has 0 radical (unpaired) electrons. The minimum absolute atomic E-state index is 0.995. The summed E-state index contributed by atoms with van der Waals surface area (Å²) in [4.78, 5) is 6.34. The molecule has 3 nitrogen and oxygen atoms in total. The first-order valence-electron chi connectivity index (χ1n) is 5.61. The second kappa shape index (κ2) is 6.27. The van der Waals surface area contributed by atoms with E-state index in [-0.39, 0.29) is 0 Å². The number of hydrogen-bond acceptors (Lipinski definition) is 3. The van der Waals surface area contributed by atoms with Crippen molar-refractivity contribution < 1.29 is 0 Å². The van der Waals surface area contributed by atoms with Gasteiger partial charge in [0.2, 0.25) is 0 Å². The highest BCUT2D eigenvalue weighted by molar-refractivity contribution is 5.47. The minimum atomic E-state index is 0.995. The van der Waals surface area contributed by atoms with E-state index in [0.29, 0.717) is 0 Å². The quantitative estimate of drug-likeness (QED) is 0.727. The number of pyridine rings is 1. The minimum Gasteiger partial charge on any atom is -0.384 e. The Balaban J connectivity index is 2.36. The third-order valence-electron chi connectivity index (χ3n) is 2.32. The number of rotatable bonds is 6. The van der Waals surface area contributed by atoms with Crippen molar-refractivity contribution in [2.75, 3.05) is 30.9 Å². The molecule has 0 spiro atoms. The summed E-state index contributed by atoms with van der Waals surface area (Å²) < 4.78 is 0. The Labute approximate surface area is 92.5 Å². The van der Waals surface area contributed by atoms with Gasteiger partial charge in [0, 0.05) is 20.6 Å². The molecule has 0 aliphatic rings. The normalized spacial score (nSPS) is 10.1. The van der Waals surface area contributed by atoms with E-state index in [4.69, 9.17) is 0 Å². The largest absolute Gasteiger partial charge is 0.384 e. The van der Waals surface area contributed by atoms with Crippen molar-refractivity contribution in [3.8, 4) is 0 Å². The third-order valence-corrected chi connectivity index (χ3v) is 2.32. The summed E-state index contributed by atoms with van der Waals surface area (Å²) >= 11 is 0. The van der Waals surface area contributed by atoms with Gasteiger partial charge in [0.1, 0.15) is 5.82 Å². The molecule has 0 fully saturated rings. The van der Waals surface area contributed by atoms with Crippen LogP contribution in [0.3, 0.4) is 0 Å². The van der Waals surface area contributed by atoms with Crippen molar-refractivity contribution in [1.29, 1.82) is 0 Å². The monoisotopic (exact) mass is 207 g/mol. The molecule has 0 saturated carbocycles. The molecule has 0 aliphatic carbocycles. The Morgan fingerprint density at radius 1 is 1.27 bits per heavy atom. The van der Waals surface area contributed by atoms with Gasteiger partial charge in [-0.2, -0.15) is 0 Å². The average molecular weight is 207 g/mol. The number of unbranched alkanes of at least 4 members (excludes halogenated alkanes) is 2. The van der Waals surface area contributed by atoms with Crippen molar-refractivity contribution in [2.24, 2.45) is 0 Å². The first-order valence-corrected chi connectivity index (χ1v) is 5.61. The summed E-state index contributed by atoms with van der Waals surface area (Å²) in [5.74, 6) is 0.995. The highest BCUT2D eigenvalue weighted by Crippen LogP contribution is 2.11. The SMILES string of the molecule is CCCCCNc1ccc(N(C)C)nc1. The predicted octanol–water partition coefficient (Wildman–Crippen LogP) is 2.75. The Kier molecular flexibility index (Phi) is 4.95. The van der Waals surface area contributed by atoms with Crippen LogP contribution in [0.5, 0.6) is 0 Å². The molecule has 0 atom stereocenters. The average Bonchev–Trinajstić information content (AvgIpc) is 2.25. The van der Waals surface area contributed by atoms with Crippen LogP contribution in [-0.2, 0) is 0 Å². The van der Waals surface area contributed by atoms with Gasteiger partial charge >= 0.3 is 0 Å². The van der Waals surface area contributed by atoms with E-state index in [1.54, 1.807) is 0 Å². The highest BCUT2D eigenvalue weighted by atomic mass is 15.1. The summed E-state index contributed by atoms with van der Waals surface area (Å²) in [6, 6.07) is 4.11. The molecule has 84 valence electrons. The van der Waals surface area contributed by atoms with E-state index in [1.807, 2.05) is 31.3 Å². The van der Waals surface area contributed by atoms with Crippen LogP contribution in [0.4, 0.5) is 11.5 Å². The van der Waals surface area contributed by atoms with Crippen LogP contribution in [0.15, 0.2) is 18.3 Å². The molecule has 15 heavy (non-hydrogen) atoms. The molecular weight excluding hydrogens is 186 g/mol. The lowest BCUT2D eigenvalue weighted by Gasteiger charge is -2.11. The topological polar surface area (TPSA) is 28.2 Å². The van der Waals surface area contributed by atoms with Crippen molar-refractivity contribution in [2.45, 2.75) is 26.2 Å². The number of hydrogen-bond donors (Lipinski definition) is 1. The van der Waals surface area contributed by atoms with Crippen LogP contribution in [-0.4, -0.2) is 25.6 Å². The first kappa shape index (κ1) is 11.8. The fourth-order valence-corrected chi connectivity index (χ4v) is 1.36. The maximum absolute atomic E-state index is 4.34. The van der Waals surface area contributed by atoms with Gasteiger partial charge in [-0.05, 0) is 18.6 Å². The lowest BCUT2D eigenvalue weighted by molar-refractivity contribution is 0.743. The van der Waals surface area contributed by atoms with Crippen LogP contribution >= 0.6 is 0 Å². The summed E-state index contributed by atoms with van der Waals surface area (Å²) in [5.41, 5.74) is 1.11. The van der Waals surface area contributed by atoms with Crippen molar-refractivity contribution in [3.05, 3.63) is 18.3 Å². The van der Waals surface area contributed by atoms with Crippen molar-refractivity contribution in [1.82, 2.24) is 4.98 Å². The van der Waals surface area contributed by atoms with E-state index in [1.165, 1.54) is 19.3 Å². The van der Waals surface area contributed by atoms with E-state index in [9.17, 15) is 0 Å². The Hall–Kier alpha value is -1.25. The maximum atomic E-state index is 4.34. The fraction of sp³-hybridized carbons (Fsp3) is 0.583. The van der Waals surface area contributed by atoms with E-state index in [0.717, 1.165) is 18.1 Å². The molecule has 1 aromatic rings. The highest BCUT2D eigenvalue weighted by Gasteiger charge is 1.96. The molecule has 0 bridgehead atoms. The van der Waals surface area contributed by atoms with Gasteiger partial charge in [0.15, 0.2) is 0 Å². The molecule has 0 aliphatic heterocycles. The molecule has 0 saturated heterocycles. The van der Waals surface area contributed by atoms with Crippen LogP contribution < -0.4 is 10.2 Å². The maximum Gasteiger partial charge on any atom is 0.128 e. The second-order valence-corrected chi connectivity index (χ2v) is 3.93. The van der Waals surface area contributed by atoms with Crippen molar-refractivity contribution >= 4 is 11.5 Å². The number of nitrogens with one attached hydrogen (secondary N) is 1. The predicted molar refractivity (Wildman–Crippen MR) is 66.6 cm³/mol. The molecule has 1 N–H and O–H groups in total. The van der Waals surface area contributed by atoms with Crippen LogP contribution in [0.25, 0.3) is 0 Å². The molecule has 0 unspecified atom stereocenters. The van der Waals surface area contributed by atoms with Gasteiger partial charge in [-0.15, -0.1) is 0 Å². The van der Waals surface area contributed by atoms with Gasteiger partial charge in [0.05, 0.1) is 11.9 Å². The fourth-order valence-electron chi connectivity index (χ4n) is 1.36. The Morgan fingerprint density at radius 2 is 2.07 bits per heavy atom. The number of anilines is 2. The summed E-state index contributed by atoms with van der Waals surface area (Å²) in [7, 11) is 3.99. The molecule has 3 heteroatoms. The zero-order chi connectivity index (χ0) is 11.1. The zero-order valence-corrected chi connectivity index (χ0v) is 9.95. The zero-order valence-electron chi connectivity index (χ0n) is 9.95. The van der Waals surface area contributed by atoms with E-state index < -0.39 is 0 Å². The lowest BCUT2D eigenvalue weighted by atomic mass is 10.2. The molecule has 1 aromatic heterocycles. The van der Waals surface area contributed by atoms with E-state index >= 15 is 0 Å². The summed E-state index contributed by atoms with van der Waals surface area (Å²) in [6.45, 7) is 3.25. The molecule has 0 amide bonds.